The molecule has 0 unspecified atom stereocenters. The van der Waals surface area contributed by atoms with Crippen LogP contribution in [-0.4, -0.2) is 37.2 Å². The van der Waals surface area contributed by atoms with Crippen LogP contribution >= 0.6 is 23.2 Å². The Morgan fingerprint density at radius 2 is 1.77 bits per heavy atom. The highest BCUT2D eigenvalue weighted by Gasteiger charge is 2.28. The number of nitrogens with zero attached hydrogens (tertiary/aromatic N) is 1. The fourth-order valence-corrected chi connectivity index (χ4v) is 2.64. The average molecular weight is 401 g/mol. The molecule has 0 radical (unpaired) electrons. The molecule has 0 atom stereocenters. The number of hydrogen-bond acceptors (Lipinski definition) is 7. The Morgan fingerprint density at radius 1 is 1.12 bits per heavy atom. The van der Waals surface area contributed by atoms with Crippen molar-refractivity contribution in [2.75, 3.05) is 19.5 Å². The molecule has 2 rings (SSSR count). The Bertz CT molecular complexity index is 829. The van der Waals surface area contributed by atoms with E-state index in [9.17, 15) is 14.4 Å². The largest absolute Gasteiger partial charge is 0.469 e. The van der Waals surface area contributed by atoms with Gasteiger partial charge >= 0.3 is 11.9 Å². The molecule has 1 aromatic carbocycles. The molecule has 138 valence electrons. The molecule has 0 spiro atoms. The van der Waals surface area contributed by atoms with E-state index in [1.54, 1.807) is 18.2 Å². The molecule has 0 aliphatic carbocycles. The van der Waals surface area contributed by atoms with Gasteiger partial charge in [0.15, 0.2) is 5.56 Å². The van der Waals surface area contributed by atoms with Crippen molar-refractivity contribution in [3.05, 3.63) is 33.8 Å². The summed E-state index contributed by atoms with van der Waals surface area (Å²) in [6.45, 7) is 0. The van der Waals surface area contributed by atoms with Crippen LogP contribution in [0.3, 0.4) is 0 Å². The van der Waals surface area contributed by atoms with E-state index in [4.69, 9.17) is 32.5 Å². The smallest absolute Gasteiger partial charge is 0.345 e. The number of amides is 1. The number of carbonyl (C=O) groups is 3. The minimum Gasteiger partial charge on any atom is -0.469 e. The van der Waals surface area contributed by atoms with Crippen LogP contribution in [0, 0.1) is 0 Å². The Morgan fingerprint density at radius 3 is 2.35 bits per heavy atom. The summed E-state index contributed by atoms with van der Waals surface area (Å²) in [6.07, 6.45) is -0.302. The Hall–Kier alpha value is -2.58. The molecule has 1 heterocycles. The molecular formula is C16H14Cl2N2O6. The lowest BCUT2D eigenvalue weighted by Crippen LogP contribution is -2.16. The van der Waals surface area contributed by atoms with Crippen LogP contribution in [0.25, 0.3) is 11.3 Å². The van der Waals surface area contributed by atoms with E-state index < -0.39 is 17.8 Å². The van der Waals surface area contributed by atoms with Crippen molar-refractivity contribution in [1.29, 1.82) is 0 Å². The van der Waals surface area contributed by atoms with Gasteiger partial charge < -0.3 is 14.0 Å². The van der Waals surface area contributed by atoms with Crippen molar-refractivity contribution in [3.63, 3.8) is 0 Å². The van der Waals surface area contributed by atoms with Crippen molar-refractivity contribution in [1.82, 2.24) is 5.16 Å². The predicted molar refractivity (Wildman–Crippen MR) is 93.2 cm³/mol. The van der Waals surface area contributed by atoms with Crippen molar-refractivity contribution in [3.8, 4) is 11.3 Å². The molecule has 26 heavy (non-hydrogen) atoms. The summed E-state index contributed by atoms with van der Waals surface area (Å²) in [5.41, 5.74) is 0.139. The minimum absolute atomic E-state index is 0.0238. The maximum Gasteiger partial charge on any atom is 0.345 e. The summed E-state index contributed by atoms with van der Waals surface area (Å²) in [7, 11) is 2.38. The molecule has 2 aromatic rings. The SMILES string of the molecule is COC(=O)CCC(=O)Nc1onc(-c2c(Cl)cccc2Cl)c1C(=O)OC. The summed E-state index contributed by atoms with van der Waals surface area (Å²) in [6, 6.07) is 4.75. The lowest BCUT2D eigenvalue weighted by atomic mass is 10.1. The van der Waals surface area contributed by atoms with E-state index in [0.717, 1.165) is 7.11 Å². The highest BCUT2D eigenvalue weighted by atomic mass is 35.5. The van der Waals surface area contributed by atoms with Crippen molar-refractivity contribution in [2.45, 2.75) is 12.8 Å². The first-order valence-corrected chi connectivity index (χ1v) is 8.03. The average Bonchev–Trinajstić information content (AvgIpc) is 3.01. The summed E-state index contributed by atoms with van der Waals surface area (Å²) in [4.78, 5) is 35.2. The molecule has 1 aromatic heterocycles. The minimum atomic E-state index is -0.805. The van der Waals surface area contributed by atoms with Gasteiger partial charge in [-0.1, -0.05) is 34.4 Å². The highest BCUT2D eigenvalue weighted by molar-refractivity contribution is 6.39. The second-order valence-electron chi connectivity index (χ2n) is 4.95. The third-order valence-electron chi connectivity index (χ3n) is 3.32. The monoisotopic (exact) mass is 400 g/mol. The molecule has 1 N–H and O–H groups in total. The third kappa shape index (κ3) is 4.33. The Kier molecular flexibility index (Phi) is 6.59. The van der Waals surface area contributed by atoms with Gasteiger partial charge in [-0.05, 0) is 12.1 Å². The van der Waals surface area contributed by atoms with Gasteiger partial charge in [-0.25, -0.2) is 4.79 Å². The Balaban J connectivity index is 2.37. The van der Waals surface area contributed by atoms with Crippen molar-refractivity contribution < 1.29 is 28.4 Å². The number of carbonyl (C=O) groups excluding carboxylic acids is 3. The van der Waals surface area contributed by atoms with E-state index in [1.807, 2.05) is 0 Å². The van der Waals surface area contributed by atoms with E-state index in [0.29, 0.717) is 0 Å². The molecule has 0 fully saturated rings. The van der Waals surface area contributed by atoms with Gasteiger partial charge in [-0.3, -0.25) is 14.9 Å². The number of hydrogen-bond donors (Lipinski definition) is 1. The number of methoxy groups -OCH3 is 2. The molecule has 10 heteroatoms. The number of esters is 2. The summed E-state index contributed by atoms with van der Waals surface area (Å²) < 4.78 is 14.3. The maximum absolute atomic E-state index is 12.2. The van der Waals surface area contributed by atoms with E-state index >= 15 is 0 Å². The molecule has 1 amide bonds. The zero-order valence-electron chi connectivity index (χ0n) is 13.8. The zero-order chi connectivity index (χ0) is 19.3. The standard InChI is InChI=1S/C16H14Cl2N2O6/c1-24-11(22)7-6-10(21)19-15-13(16(23)25-2)14(20-26-15)12-8(17)4-3-5-9(12)18/h3-5H,6-7H2,1-2H3,(H,19,21). The van der Waals surface area contributed by atoms with Crippen LogP contribution in [0.5, 0.6) is 0 Å². The molecule has 8 nitrogen and oxygen atoms in total. The van der Waals surface area contributed by atoms with Crippen LogP contribution in [0.2, 0.25) is 10.0 Å². The number of aromatic nitrogens is 1. The number of halogens is 2. The second kappa shape index (κ2) is 8.68. The number of benzene rings is 1. The van der Waals surface area contributed by atoms with Crippen molar-refractivity contribution in [2.24, 2.45) is 0 Å². The fraction of sp³-hybridized carbons (Fsp3) is 0.250. The predicted octanol–water partition coefficient (Wildman–Crippen LogP) is 3.33. The lowest BCUT2D eigenvalue weighted by molar-refractivity contribution is -0.141. The first-order chi connectivity index (χ1) is 12.4. The van der Waals surface area contributed by atoms with Crippen LogP contribution < -0.4 is 5.32 Å². The van der Waals surface area contributed by atoms with Gasteiger partial charge in [0.05, 0.1) is 30.7 Å². The molecule has 0 aliphatic rings. The molecule has 0 aliphatic heterocycles. The van der Waals surface area contributed by atoms with Crippen LogP contribution in [0.15, 0.2) is 22.7 Å². The quantitative estimate of drug-likeness (QED) is 0.740. The Labute approximate surface area is 158 Å². The lowest BCUT2D eigenvalue weighted by Gasteiger charge is -2.06. The summed E-state index contributed by atoms with van der Waals surface area (Å²) >= 11 is 12.3. The first kappa shape index (κ1) is 19.7. The summed E-state index contributed by atoms with van der Waals surface area (Å²) in [5, 5.41) is 6.63. The van der Waals surface area contributed by atoms with E-state index in [1.165, 1.54) is 7.11 Å². The summed E-state index contributed by atoms with van der Waals surface area (Å²) in [5.74, 6) is -2.17. The van der Waals surface area contributed by atoms with Gasteiger partial charge in [-0.15, -0.1) is 0 Å². The normalized spacial score (nSPS) is 10.3. The van der Waals surface area contributed by atoms with Crippen molar-refractivity contribution >= 4 is 46.9 Å². The zero-order valence-corrected chi connectivity index (χ0v) is 15.3. The number of nitrogens with one attached hydrogen (secondary N) is 1. The number of anilines is 1. The number of ether oxygens (including phenoxy) is 2. The van der Waals surface area contributed by atoms with Gasteiger partial charge in [-0.2, -0.15) is 0 Å². The first-order valence-electron chi connectivity index (χ1n) is 7.28. The van der Waals surface area contributed by atoms with Gasteiger partial charge in [0.1, 0.15) is 5.69 Å². The topological polar surface area (TPSA) is 108 Å². The van der Waals surface area contributed by atoms with Gasteiger partial charge in [0, 0.05) is 12.0 Å². The second-order valence-corrected chi connectivity index (χ2v) is 5.76. The van der Waals surface area contributed by atoms with E-state index in [-0.39, 0.29) is 45.6 Å². The van der Waals surface area contributed by atoms with Crippen LogP contribution in [0.1, 0.15) is 23.2 Å². The number of rotatable bonds is 6. The van der Waals surface area contributed by atoms with E-state index in [2.05, 4.69) is 15.2 Å². The van der Waals surface area contributed by atoms with Gasteiger partial charge in [0.25, 0.3) is 0 Å². The highest BCUT2D eigenvalue weighted by Crippen LogP contribution is 2.38. The third-order valence-corrected chi connectivity index (χ3v) is 3.95. The maximum atomic E-state index is 12.2. The fourth-order valence-electron chi connectivity index (χ4n) is 2.07. The van der Waals surface area contributed by atoms with Crippen LogP contribution in [0.4, 0.5) is 5.88 Å². The molecular weight excluding hydrogens is 387 g/mol. The molecule has 0 bridgehead atoms. The molecule has 0 saturated heterocycles. The van der Waals surface area contributed by atoms with Gasteiger partial charge in [0.2, 0.25) is 11.8 Å². The molecule has 0 saturated carbocycles. The van der Waals surface area contributed by atoms with Crippen LogP contribution in [-0.2, 0) is 19.1 Å².